The number of hydrogen-bond donors (Lipinski definition) is 2. The highest BCUT2D eigenvalue weighted by Gasteiger charge is 2.37. The van der Waals surface area contributed by atoms with Gasteiger partial charge in [0.15, 0.2) is 17.3 Å². The normalized spacial score (nSPS) is 14.1. The summed E-state index contributed by atoms with van der Waals surface area (Å²) >= 11 is 0. The van der Waals surface area contributed by atoms with Gasteiger partial charge in [0, 0.05) is 43.9 Å². The number of nitrogens with one attached hydrogen (secondary N) is 1. The van der Waals surface area contributed by atoms with E-state index in [1.54, 1.807) is 34.7 Å². The molecular weight excluding hydrogens is 727 g/mol. The SMILES string of the molecule is CCN1C[C@H](C)n2c(c(OC)c3c(=O)n(Cc4ccc(F)cc4C(=O)O)nc(NCCCCCN(Cc4ccc(OC)cc4OC)C(=O)OC(C)(C)C)c32)C1=O. The van der Waals surface area contributed by atoms with E-state index in [0.29, 0.717) is 68.3 Å². The van der Waals surface area contributed by atoms with Crippen molar-refractivity contribution in [1.29, 1.82) is 0 Å². The molecule has 2 amide bonds. The summed E-state index contributed by atoms with van der Waals surface area (Å²) in [4.78, 5) is 56.6. The lowest BCUT2D eigenvalue weighted by Gasteiger charge is -2.32. The molecule has 16 heteroatoms. The van der Waals surface area contributed by atoms with Crippen molar-refractivity contribution < 1.29 is 42.8 Å². The molecular formula is C40H51FN6O9. The number of unbranched alkanes of at least 4 members (excludes halogenated alkanes) is 2. The summed E-state index contributed by atoms with van der Waals surface area (Å²) in [6.07, 6.45) is 1.52. The lowest BCUT2D eigenvalue weighted by atomic mass is 10.1. The first-order valence-electron chi connectivity index (χ1n) is 18.6. The van der Waals surface area contributed by atoms with Crippen LogP contribution in [-0.2, 0) is 17.8 Å². The van der Waals surface area contributed by atoms with Gasteiger partial charge in [0.25, 0.3) is 11.5 Å². The number of carbonyl (C=O) groups is 3. The van der Waals surface area contributed by atoms with Crippen LogP contribution in [0.2, 0.25) is 0 Å². The van der Waals surface area contributed by atoms with E-state index < -0.39 is 29.0 Å². The summed E-state index contributed by atoms with van der Waals surface area (Å²) in [5, 5.41) is 17.9. The lowest BCUT2D eigenvalue weighted by Crippen LogP contribution is -2.42. The predicted octanol–water partition coefficient (Wildman–Crippen LogP) is 6.17. The van der Waals surface area contributed by atoms with Crippen LogP contribution in [0.15, 0.2) is 41.2 Å². The number of anilines is 1. The van der Waals surface area contributed by atoms with E-state index in [0.717, 1.165) is 22.4 Å². The van der Waals surface area contributed by atoms with Gasteiger partial charge < -0.3 is 43.7 Å². The maximum Gasteiger partial charge on any atom is 0.410 e. The largest absolute Gasteiger partial charge is 0.497 e. The van der Waals surface area contributed by atoms with Gasteiger partial charge in [0.05, 0.1) is 40.0 Å². The number of carbonyl (C=O) groups excluding carboxylic acids is 2. The van der Waals surface area contributed by atoms with Gasteiger partial charge >= 0.3 is 12.1 Å². The monoisotopic (exact) mass is 778 g/mol. The number of aromatic carboxylic acids is 1. The Morgan fingerprint density at radius 3 is 2.39 bits per heavy atom. The number of rotatable bonds is 16. The summed E-state index contributed by atoms with van der Waals surface area (Å²) in [5.41, 5.74) is 0.00602. The van der Waals surface area contributed by atoms with Gasteiger partial charge in [-0.2, -0.15) is 0 Å². The summed E-state index contributed by atoms with van der Waals surface area (Å²) in [6, 6.07) is 8.53. The zero-order valence-electron chi connectivity index (χ0n) is 33.2. The van der Waals surface area contributed by atoms with Crippen molar-refractivity contribution in [3.8, 4) is 17.2 Å². The fourth-order valence-corrected chi connectivity index (χ4v) is 6.92. The third-order valence-electron chi connectivity index (χ3n) is 9.58. The van der Waals surface area contributed by atoms with E-state index in [9.17, 15) is 28.7 Å². The minimum Gasteiger partial charge on any atom is -0.497 e. The number of ether oxygens (including phenoxy) is 4. The number of benzene rings is 2. The Bertz CT molecular complexity index is 2160. The number of carboxylic acid groups (broad SMARTS) is 1. The number of amides is 2. The van der Waals surface area contributed by atoms with Gasteiger partial charge in [-0.15, -0.1) is 5.10 Å². The van der Waals surface area contributed by atoms with Crippen molar-refractivity contribution in [2.75, 3.05) is 52.8 Å². The maximum absolute atomic E-state index is 14.2. The fraction of sp³-hybridized carbons (Fsp3) is 0.475. The maximum atomic E-state index is 14.2. The van der Waals surface area contributed by atoms with E-state index >= 15 is 0 Å². The molecule has 0 radical (unpaired) electrons. The molecule has 0 fully saturated rings. The van der Waals surface area contributed by atoms with Crippen molar-refractivity contribution >= 4 is 34.7 Å². The lowest BCUT2D eigenvalue weighted by molar-refractivity contribution is 0.0229. The molecule has 1 atom stereocenters. The number of nitrogens with zero attached hydrogens (tertiary/aromatic N) is 5. The average molecular weight is 779 g/mol. The molecule has 0 unspecified atom stereocenters. The van der Waals surface area contributed by atoms with Gasteiger partial charge in [0.2, 0.25) is 0 Å². The van der Waals surface area contributed by atoms with Gasteiger partial charge in [-0.3, -0.25) is 9.59 Å². The number of fused-ring (bicyclic) bond motifs is 3. The highest BCUT2D eigenvalue weighted by molar-refractivity contribution is 6.07. The number of halogens is 1. The Morgan fingerprint density at radius 1 is 1.02 bits per heavy atom. The van der Waals surface area contributed by atoms with Crippen molar-refractivity contribution in [3.63, 3.8) is 0 Å². The van der Waals surface area contributed by atoms with E-state index in [-0.39, 0.29) is 53.0 Å². The van der Waals surface area contributed by atoms with Crippen molar-refractivity contribution in [1.82, 2.24) is 24.1 Å². The molecule has 4 aromatic rings. The van der Waals surface area contributed by atoms with E-state index in [1.165, 1.54) is 13.2 Å². The van der Waals surface area contributed by atoms with Crippen LogP contribution >= 0.6 is 0 Å². The number of aromatic nitrogens is 3. The predicted molar refractivity (Wildman–Crippen MR) is 208 cm³/mol. The molecule has 0 bridgehead atoms. The van der Waals surface area contributed by atoms with Crippen LogP contribution in [0.5, 0.6) is 17.2 Å². The Morgan fingerprint density at radius 2 is 1.75 bits per heavy atom. The molecule has 5 rings (SSSR count). The Labute approximate surface area is 324 Å². The molecule has 0 saturated heterocycles. The smallest absolute Gasteiger partial charge is 0.410 e. The second-order valence-corrected chi connectivity index (χ2v) is 14.7. The van der Waals surface area contributed by atoms with Gasteiger partial charge in [-0.05, 0) is 83.7 Å². The zero-order valence-corrected chi connectivity index (χ0v) is 33.2. The standard InChI is InChI=1S/C40H51FN6O9/c1-9-44-21-24(2)47-32-31(34(55-8)33(47)37(44)49)36(48)46(23-25-13-15-27(41)19-29(25)38(50)51)43-35(32)42-17-11-10-12-18-45(39(52)56-40(3,4)5)22-26-14-16-28(53-6)20-30(26)54-7/h13-16,19-20,24H,9-12,17-18,21-23H2,1-8H3,(H,42,43)(H,50,51)/t24-/m0/s1. The summed E-state index contributed by atoms with van der Waals surface area (Å²) in [5.74, 6) is -0.743. The Balaban J connectivity index is 1.42. The van der Waals surface area contributed by atoms with Crippen LogP contribution in [0.1, 0.15) is 91.9 Å². The average Bonchev–Trinajstić information content (AvgIpc) is 3.52. The molecule has 1 aliphatic rings. The van der Waals surface area contributed by atoms with E-state index in [1.807, 2.05) is 46.8 Å². The first-order chi connectivity index (χ1) is 26.6. The van der Waals surface area contributed by atoms with Crippen LogP contribution in [0, 0.1) is 5.82 Å². The van der Waals surface area contributed by atoms with E-state index in [4.69, 9.17) is 18.9 Å². The molecule has 2 aromatic heterocycles. The van der Waals surface area contributed by atoms with Gasteiger partial charge in [0.1, 0.15) is 33.8 Å². The Hall–Kier alpha value is -5.80. The molecule has 1 aliphatic heterocycles. The van der Waals surface area contributed by atoms with Crippen molar-refractivity contribution in [2.45, 2.75) is 78.6 Å². The van der Waals surface area contributed by atoms with Crippen LogP contribution in [0.25, 0.3) is 10.9 Å². The minimum atomic E-state index is -1.35. The first-order valence-corrected chi connectivity index (χ1v) is 18.6. The number of likely N-dealkylation sites (N-methyl/N-ethyl adjacent to an activating group) is 1. The first kappa shape index (κ1) is 41.4. The third-order valence-corrected chi connectivity index (χ3v) is 9.58. The highest BCUT2D eigenvalue weighted by atomic mass is 19.1. The van der Waals surface area contributed by atoms with Gasteiger partial charge in [-0.1, -0.05) is 6.07 Å². The molecule has 56 heavy (non-hydrogen) atoms. The molecule has 15 nitrogen and oxygen atoms in total. The van der Waals surface area contributed by atoms with Crippen LogP contribution in [0.3, 0.4) is 0 Å². The van der Waals surface area contributed by atoms with Crippen LogP contribution in [0.4, 0.5) is 15.0 Å². The zero-order chi connectivity index (χ0) is 40.9. The topological polar surface area (TPSA) is 167 Å². The quantitative estimate of drug-likeness (QED) is 0.125. The summed E-state index contributed by atoms with van der Waals surface area (Å²) in [6.45, 7) is 10.9. The van der Waals surface area contributed by atoms with Crippen LogP contribution < -0.4 is 25.1 Å². The fourth-order valence-electron chi connectivity index (χ4n) is 6.92. The molecule has 0 spiro atoms. The molecule has 0 aliphatic carbocycles. The van der Waals surface area contributed by atoms with Crippen LogP contribution in [-0.4, -0.2) is 100 Å². The molecule has 302 valence electrons. The summed E-state index contributed by atoms with van der Waals surface area (Å²) < 4.78 is 39.3. The summed E-state index contributed by atoms with van der Waals surface area (Å²) in [7, 11) is 4.52. The van der Waals surface area contributed by atoms with Gasteiger partial charge in [-0.25, -0.2) is 18.7 Å². The number of methoxy groups -OCH3 is 3. The highest BCUT2D eigenvalue weighted by Crippen LogP contribution is 2.40. The molecule has 2 aromatic carbocycles. The second kappa shape index (κ2) is 17.3. The molecule has 3 heterocycles. The second-order valence-electron chi connectivity index (χ2n) is 14.7. The van der Waals surface area contributed by atoms with Crippen molar-refractivity contribution in [3.05, 3.63) is 75.0 Å². The Kier molecular flexibility index (Phi) is 12.8. The number of carboxylic acids is 1. The third kappa shape index (κ3) is 8.84. The minimum absolute atomic E-state index is 0.104. The molecule has 2 N–H and O–H groups in total. The molecule has 0 saturated carbocycles. The number of hydrogen-bond acceptors (Lipinski definition) is 10. The van der Waals surface area contributed by atoms with E-state index in [2.05, 4.69) is 10.4 Å². The van der Waals surface area contributed by atoms with Crippen molar-refractivity contribution in [2.24, 2.45) is 0 Å².